The number of rotatable bonds is 8. The Morgan fingerprint density at radius 3 is 2.79 bits per heavy atom. The molecule has 0 aromatic heterocycles. The van der Waals surface area contributed by atoms with Crippen LogP contribution in [0.1, 0.15) is 25.8 Å². The average Bonchev–Trinajstić information content (AvgIpc) is 3.06. The monoisotopic (exact) mass is 388 g/mol. The molecule has 2 fully saturated rings. The highest BCUT2D eigenvalue weighted by atomic mass is 16.6. The van der Waals surface area contributed by atoms with Crippen molar-refractivity contribution in [2.75, 3.05) is 45.9 Å². The normalized spacial score (nSPS) is 23.4. The van der Waals surface area contributed by atoms with Gasteiger partial charge in [-0.25, -0.2) is 0 Å². The molecule has 2 atom stereocenters. The maximum atomic E-state index is 12.4. The van der Waals surface area contributed by atoms with E-state index in [1.165, 1.54) is 5.56 Å². The van der Waals surface area contributed by atoms with E-state index in [9.17, 15) is 9.59 Å². The molecular formula is C22H32N2O4. The number of hydrogen-bond donors (Lipinski definition) is 0. The van der Waals surface area contributed by atoms with Crippen molar-refractivity contribution in [3.05, 3.63) is 35.9 Å². The molecule has 0 saturated carbocycles. The molecule has 1 aromatic carbocycles. The van der Waals surface area contributed by atoms with E-state index < -0.39 is 0 Å². The summed E-state index contributed by atoms with van der Waals surface area (Å²) in [6.07, 6.45) is 0.969. The van der Waals surface area contributed by atoms with Crippen molar-refractivity contribution in [3.8, 4) is 0 Å². The second-order valence-corrected chi connectivity index (χ2v) is 8.25. The van der Waals surface area contributed by atoms with Crippen LogP contribution in [-0.2, 0) is 25.5 Å². The molecule has 0 N–H and O–H groups in total. The minimum absolute atomic E-state index is 0.0370. The molecule has 3 rings (SSSR count). The van der Waals surface area contributed by atoms with Crippen molar-refractivity contribution < 1.29 is 19.1 Å². The van der Waals surface area contributed by atoms with Crippen molar-refractivity contribution in [2.24, 2.45) is 11.8 Å². The molecule has 2 aliphatic heterocycles. The molecule has 6 heteroatoms. The minimum atomic E-state index is -0.362. The highest BCUT2D eigenvalue weighted by Crippen LogP contribution is 2.20. The van der Waals surface area contributed by atoms with Gasteiger partial charge in [0, 0.05) is 39.1 Å². The molecule has 1 amide bonds. The topological polar surface area (TPSA) is 59.1 Å². The van der Waals surface area contributed by atoms with E-state index >= 15 is 0 Å². The average molecular weight is 389 g/mol. The number of benzene rings is 1. The SMILES string of the molecule is CC(C)CN1CCOC(COC(=O)C2CC(=O)N(CCc3ccccc3)C2)C1. The second kappa shape index (κ2) is 10.0. The molecule has 0 spiro atoms. The quantitative estimate of drug-likeness (QED) is 0.638. The summed E-state index contributed by atoms with van der Waals surface area (Å²) in [5.74, 6) is 0.00125. The lowest BCUT2D eigenvalue weighted by Gasteiger charge is -2.33. The molecule has 2 aliphatic rings. The number of morpholine rings is 1. The molecule has 2 unspecified atom stereocenters. The summed E-state index contributed by atoms with van der Waals surface area (Å²) < 4.78 is 11.2. The van der Waals surface area contributed by atoms with Gasteiger partial charge in [0.2, 0.25) is 5.91 Å². The van der Waals surface area contributed by atoms with Crippen LogP contribution in [0.3, 0.4) is 0 Å². The maximum absolute atomic E-state index is 12.4. The largest absolute Gasteiger partial charge is 0.463 e. The van der Waals surface area contributed by atoms with E-state index in [-0.39, 0.29) is 36.9 Å². The Morgan fingerprint density at radius 2 is 2.04 bits per heavy atom. The lowest BCUT2D eigenvalue weighted by atomic mass is 10.1. The van der Waals surface area contributed by atoms with Crippen LogP contribution in [0.5, 0.6) is 0 Å². The summed E-state index contributed by atoms with van der Waals surface area (Å²) in [5, 5.41) is 0. The van der Waals surface area contributed by atoms with Crippen LogP contribution >= 0.6 is 0 Å². The molecule has 28 heavy (non-hydrogen) atoms. The Kier molecular flexibility index (Phi) is 7.45. The van der Waals surface area contributed by atoms with Crippen molar-refractivity contribution in [2.45, 2.75) is 32.8 Å². The summed E-state index contributed by atoms with van der Waals surface area (Å²) in [5.41, 5.74) is 1.20. The standard InChI is InChI=1S/C22H32N2O4/c1-17(2)13-23-10-11-27-20(15-23)16-28-22(26)19-12-21(25)24(14-19)9-8-18-6-4-3-5-7-18/h3-7,17,19-20H,8-16H2,1-2H3. The van der Waals surface area contributed by atoms with Crippen LogP contribution in [0.2, 0.25) is 0 Å². The minimum Gasteiger partial charge on any atom is -0.463 e. The molecule has 2 heterocycles. The Hall–Kier alpha value is -1.92. The van der Waals surface area contributed by atoms with Gasteiger partial charge in [-0.05, 0) is 17.9 Å². The van der Waals surface area contributed by atoms with Gasteiger partial charge in [-0.3, -0.25) is 14.5 Å². The molecule has 154 valence electrons. The third-order valence-electron chi connectivity index (χ3n) is 5.32. The zero-order chi connectivity index (χ0) is 19.9. The molecule has 0 radical (unpaired) electrons. The van der Waals surface area contributed by atoms with Gasteiger partial charge < -0.3 is 14.4 Å². The van der Waals surface area contributed by atoms with Gasteiger partial charge in [-0.1, -0.05) is 44.2 Å². The fraction of sp³-hybridized carbons (Fsp3) is 0.636. The first-order valence-corrected chi connectivity index (χ1v) is 10.3. The Morgan fingerprint density at radius 1 is 1.25 bits per heavy atom. The number of carbonyl (C=O) groups is 2. The van der Waals surface area contributed by atoms with E-state index in [2.05, 4.69) is 30.9 Å². The number of nitrogens with zero attached hydrogens (tertiary/aromatic N) is 2. The predicted molar refractivity (Wildman–Crippen MR) is 107 cm³/mol. The summed E-state index contributed by atoms with van der Waals surface area (Å²) in [6, 6.07) is 10.1. The predicted octanol–water partition coefficient (Wildman–Crippen LogP) is 1.98. The van der Waals surface area contributed by atoms with Crippen LogP contribution in [0.15, 0.2) is 30.3 Å². The molecule has 0 aliphatic carbocycles. The molecular weight excluding hydrogens is 356 g/mol. The van der Waals surface area contributed by atoms with Gasteiger partial charge in [0.25, 0.3) is 0 Å². The van der Waals surface area contributed by atoms with Crippen molar-refractivity contribution in [1.29, 1.82) is 0 Å². The summed E-state index contributed by atoms with van der Waals surface area (Å²) in [4.78, 5) is 28.8. The fourth-order valence-electron chi connectivity index (χ4n) is 3.91. The van der Waals surface area contributed by atoms with Crippen LogP contribution in [0.25, 0.3) is 0 Å². The van der Waals surface area contributed by atoms with Gasteiger partial charge in [-0.15, -0.1) is 0 Å². The van der Waals surface area contributed by atoms with Gasteiger partial charge in [-0.2, -0.15) is 0 Å². The van der Waals surface area contributed by atoms with Crippen LogP contribution in [0, 0.1) is 11.8 Å². The number of hydrogen-bond acceptors (Lipinski definition) is 5. The maximum Gasteiger partial charge on any atom is 0.311 e. The smallest absolute Gasteiger partial charge is 0.311 e. The first-order valence-electron chi connectivity index (χ1n) is 10.3. The first kappa shape index (κ1) is 20.8. The van der Waals surface area contributed by atoms with Crippen LogP contribution < -0.4 is 0 Å². The van der Waals surface area contributed by atoms with Crippen molar-refractivity contribution in [1.82, 2.24) is 9.80 Å². The number of esters is 1. The Balaban J connectivity index is 1.40. The van der Waals surface area contributed by atoms with Crippen LogP contribution in [-0.4, -0.2) is 73.7 Å². The van der Waals surface area contributed by atoms with Gasteiger partial charge in [0.05, 0.1) is 12.5 Å². The van der Waals surface area contributed by atoms with Gasteiger partial charge in [0.15, 0.2) is 0 Å². The first-order chi connectivity index (χ1) is 13.5. The molecule has 0 bridgehead atoms. The van der Waals surface area contributed by atoms with E-state index in [1.807, 2.05) is 18.2 Å². The molecule has 2 saturated heterocycles. The van der Waals surface area contributed by atoms with Gasteiger partial charge in [0.1, 0.15) is 12.7 Å². The fourth-order valence-corrected chi connectivity index (χ4v) is 3.91. The number of carbonyl (C=O) groups excluding carboxylic acids is 2. The highest BCUT2D eigenvalue weighted by molar-refractivity contribution is 5.86. The lowest BCUT2D eigenvalue weighted by molar-refractivity contribution is -0.155. The number of ether oxygens (including phenoxy) is 2. The highest BCUT2D eigenvalue weighted by Gasteiger charge is 2.35. The third-order valence-corrected chi connectivity index (χ3v) is 5.32. The molecule has 1 aromatic rings. The Bertz CT molecular complexity index is 649. The number of amides is 1. The van der Waals surface area contributed by atoms with Crippen molar-refractivity contribution >= 4 is 11.9 Å². The molecule has 6 nitrogen and oxygen atoms in total. The lowest BCUT2D eigenvalue weighted by Crippen LogP contribution is -2.46. The zero-order valence-corrected chi connectivity index (χ0v) is 17.0. The summed E-state index contributed by atoms with van der Waals surface area (Å²) in [6.45, 7) is 9.18. The van der Waals surface area contributed by atoms with E-state index in [1.54, 1.807) is 4.90 Å². The second-order valence-electron chi connectivity index (χ2n) is 8.25. The summed E-state index contributed by atoms with van der Waals surface area (Å²) in [7, 11) is 0. The van der Waals surface area contributed by atoms with Gasteiger partial charge >= 0.3 is 5.97 Å². The Labute approximate surface area is 167 Å². The van der Waals surface area contributed by atoms with E-state index in [0.29, 0.717) is 25.6 Å². The number of likely N-dealkylation sites (tertiary alicyclic amines) is 1. The summed E-state index contributed by atoms with van der Waals surface area (Å²) >= 11 is 0. The zero-order valence-electron chi connectivity index (χ0n) is 17.0. The van der Waals surface area contributed by atoms with Crippen molar-refractivity contribution in [3.63, 3.8) is 0 Å². The van der Waals surface area contributed by atoms with E-state index in [4.69, 9.17) is 9.47 Å². The third kappa shape index (κ3) is 6.04. The van der Waals surface area contributed by atoms with E-state index in [0.717, 1.165) is 26.1 Å². The van der Waals surface area contributed by atoms with Crippen LogP contribution in [0.4, 0.5) is 0 Å².